The molecule has 29 heavy (non-hydrogen) atoms. The summed E-state index contributed by atoms with van der Waals surface area (Å²) >= 11 is 0. The van der Waals surface area contributed by atoms with Crippen LogP contribution in [0, 0.1) is 10.1 Å². The van der Waals surface area contributed by atoms with E-state index >= 15 is 0 Å². The highest BCUT2D eigenvalue weighted by atomic mass is 16.6. The first-order valence-corrected chi connectivity index (χ1v) is 9.55. The summed E-state index contributed by atoms with van der Waals surface area (Å²) < 4.78 is 12.3. The Morgan fingerprint density at radius 3 is 1.72 bits per heavy atom. The monoisotopic (exact) mass is 397 g/mol. The van der Waals surface area contributed by atoms with Crippen molar-refractivity contribution < 1.29 is 18.9 Å². The van der Waals surface area contributed by atoms with Crippen molar-refractivity contribution in [2.75, 3.05) is 0 Å². The molecule has 154 valence electrons. The average Bonchev–Trinajstić information content (AvgIpc) is 3.26. The summed E-state index contributed by atoms with van der Waals surface area (Å²) in [5, 5.41) is 21.8. The molecule has 6 heteroatoms. The SMILES string of the molecule is CC(C)(C)c1ccc(C(c2ccc(C(C)(C)C)o2)c2cc([N+](=O)[O-])ccc2O)o1. The van der Waals surface area contributed by atoms with Gasteiger partial charge in [0, 0.05) is 28.5 Å². The van der Waals surface area contributed by atoms with Gasteiger partial charge in [0.15, 0.2) is 0 Å². The van der Waals surface area contributed by atoms with Crippen LogP contribution in [0.4, 0.5) is 5.69 Å². The molecule has 2 aromatic heterocycles. The zero-order chi connectivity index (χ0) is 21.6. The van der Waals surface area contributed by atoms with Crippen molar-refractivity contribution in [3.63, 3.8) is 0 Å². The molecule has 0 spiro atoms. The van der Waals surface area contributed by atoms with Gasteiger partial charge in [-0.1, -0.05) is 41.5 Å². The molecule has 0 bridgehead atoms. The summed E-state index contributed by atoms with van der Waals surface area (Å²) in [4.78, 5) is 10.8. The van der Waals surface area contributed by atoms with Crippen molar-refractivity contribution in [2.24, 2.45) is 0 Å². The number of benzene rings is 1. The average molecular weight is 397 g/mol. The molecule has 0 fully saturated rings. The van der Waals surface area contributed by atoms with Crippen molar-refractivity contribution in [1.82, 2.24) is 0 Å². The summed E-state index contributed by atoms with van der Waals surface area (Å²) in [6.07, 6.45) is 0. The lowest BCUT2D eigenvalue weighted by Crippen LogP contribution is -2.10. The number of nitro benzene ring substituents is 1. The summed E-state index contributed by atoms with van der Waals surface area (Å²) in [5.74, 6) is 2.02. The van der Waals surface area contributed by atoms with E-state index in [0.29, 0.717) is 17.1 Å². The molecule has 0 unspecified atom stereocenters. The summed E-state index contributed by atoms with van der Waals surface area (Å²) in [6.45, 7) is 12.3. The lowest BCUT2D eigenvalue weighted by Gasteiger charge is -2.18. The summed E-state index contributed by atoms with van der Waals surface area (Å²) in [7, 11) is 0. The minimum atomic E-state index is -0.609. The van der Waals surface area contributed by atoms with Crippen LogP contribution in [0.2, 0.25) is 0 Å². The normalized spacial score (nSPS) is 12.5. The summed E-state index contributed by atoms with van der Waals surface area (Å²) in [6, 6.07) is 11.4. The lowest BCUT2D eigenvalue weighted by atomic mass is 9.92. The number of nitrogens with zero attached hydrogens (tertiary/aromatic N) is 1. The number of aromatic hydroxyl groups is 1. The number of non-ortho nitro benzene ring substituents is 1. The van der Waals surface area contributed by atoms with Crippen molar-refractivity contribution in [1.29, 1.82) is 0 Å². The van der Waals surface area contributed by atoms with Gasteiger partial charge < -0.3 is 13.9 Å². The van der Waals surface area contributed by atoms with Gasteiger partial charge in [0.2, 0.25) is 0 Å². The van der Waals surface area contributed by atoms with E-state index in [2.05, 4.69) is 0 Å². The molecule has 1 aromatic carbocycles. The van der Waals surface area contributed by atoms with E-state index in [9.17, 15) is 15.2 Å². The highest BCUT2D eigenvalue weighted by molar-refractivity contribution is 5.50. The van der Waals surface area contributed by atoms with Crippen LogP contribution >= 0.6 is 0 Å². The van der Waals surface area contributed by atoms with Crippen molar-refractivity contribution in [2.45, 2.75) is 58.3 Å². The Balaban J connectivity index is 2.20. The van der Waals surface area contributed by atoms with Crippen molar-refractivity contribution in [3.05, 3.63) is 81.2 Å². The fourth-order valence-electron chi connectivity index (χ4n) is 3.16. The van der Waals surface area contributed by atoms with E-state index in [4.69, 9.17) is 8.83 Å². The van der Waals surface area contributed by atoms with Crippen molar-refractivity contribution >= 4 is 5.69 Å². The fraction of sp³-hybridized carbons (Fsp3) is 0.391. The van der Waals surface area contributed by atoms with Gasteiger partial charge in [0.05, 0.1) is 4.92 Å². The van der Waals surface area contributed by atoms with Crippen LogP contribution in [0.5, 0.6) is 5.75 Å². The third kappa shape index (κ3) is 4.21. The lowest BCUT2D eigenvalue weighted by molar-refractivity contribution is -0.384. The van der Waals surface area contributed by atoms with Crippen LogP contribution in [0.1, 0.15) is 76.1 Å². The standard InChI is InChI=1S/C23H27NO5/c1-22(2,3)19-11-9-17(28-19)21(18-10-12-20(29-18)23(4,5)6)15-13-14(24(26)27)7-8-16(15)25/h7-13,21,25H,1-6H3. The van der Waals surface area contributed by atoms with Crippen LogP contribution < -0.4 is 0 Å². The number of phenolic OH excluding ortho intramolecular Hbond substituents is 1. The number of phenols is 1. The second-order valence-electron chi connectivity index (χ2n) is 9.34. The minimum Gasteiger partial charge on any atom is -0.508 e. The maximum absolute atomic E-state index is 11.3. The molecule has 2 heterocycles. The first-order chi connectivity index (χ1) is 13.4. The van der Waals surface area contributed by atoms with Gasteiger partial charge in [-0.05, 0) is 30.3 Å². The topological polar surface area (TPSA) is 89.7 Å². The van der Waals surface area contributed by atoms with Gasteiger partial charge in [0.25, 0.3) is 5.69 Å². The minimum absolute atomic E-state index is 0.0528. The fourth-order valence-corrected chi connectivity index (χ4v) is 3.16. The molecule has 0 saturated carbocycles. The molecule has 0 aliphatic heterocycles. The van der Waals surface area contributed by atoms with Gasteiger partial charge in [-0.3, -0.25) is 10.1 Å². The molecule has 0 saturated heterocycles. The number of rotatable bonds is 4. The quantitative estimate of drug-likeness (QED) is 0.414. The van der Waals surface area contributed by atoms with E-state index in [1.165, 1.54) is 18.2 Å². The first kappa shape index (κ1) is 20.7. The number of hydrogen-bond acceptors (Lipinski definition) is 5. The Morgan fingerprint density at radius 2 is 1.34 bits per heavy atom. The molecular weight excluding hydrogens is 370 g/mol. The van der Waals surface area contributed by atoms with Crippen molar-refractivity contribution in [3.8, 4) is 5.75 Å². The van der Waals surface area contributed by atoms with Crippen LogP contribution in [-0.4, -0.2) is 10.0 Å². The van der Waals surface area contributed by atoms with Gasteiger partial charge in [-0.15, -0.1) is 0 Å². The number of hydrogen-bond donors (Lipinski definition) is 1. The van der Waals surface area contributed by atoms with E-state index in [1.807, 2.05) is 65.8 Å². The zero-order valence-electron chi connectivity index (χ0n) is 17.6. The van der Waals surface area contributed by atoms with Gasteiger partial charge in [-0.25, -0.2) is 0 Å². The highest BCUT2D eigenvalue weighted by Crippen LogP contribution is 2.42. The van der Waals surface area contributed by atoms with E-state index < -0.39 is 10.8 Å². The molecule has 0 aliphatic rings. The molecule has 6 nitrogen and oxygen atoms in total. The predicted molar refractivity (Wildman–Crippen MR) is 111 cm³/mol. The second-order valence-corrected chi connectivity index (χ2v) is 9.34. The number of furan rings is 2. The van der Waals surface area contributed by atoms with E-state index in [0.717, 1.165) is 11.5 Å². The Labute approximate surface area is 170 Å². The largest absolute Gasteiger partial charge is 0.508 e. The van der Waals surface area contributed by atoms with Gasteiger partial charge in [0.1, 0.15) is 34.7 Å². The van der Waals surface area contributed by atoms with Crippen LogP contribution in [0.3, 0.4) is 0 Å². The third-order valence-corrected chi connectivity index (χ3v) is 4.83. The summed E-state index contributed by atoms with van der Waals surface area (Å²) in [5.41, 5.74) is -0.141. The predicted octanol–water partition coefficient (Wildman–Crippen LogP) is 6.26. The number of nitro groups is 1. The molecule has 0 atom stereocenters. The molecule has 3 aromatic rings. The Bertz CT molecular complexity index is 978. The highest BCUT2D eigenvalue weighted by Gasteiger charge is 2.31. The third-order valence-electron chi connectivity index (χ3n) is 4.83. The maximum atomic E-state index is 11.3. The van der Waals surface area contributed by atoms with E-state index in [-0.39, 0.29) is 22.3 Å². The molecule has 0 radical (unpaired) electrons. The van der Waals surface area contributed by atoms with Crippen LogP contribution in [0.25, 0.3) is 0 Å². The molecular formula is C23H27NO5. The molecule has 3 rings (SSSR count). The smallest absolute Gasteiger partial charge is 0.270 e. The van der Waals surface area contributed by atoms with Crippen LogP contribution in [0.15, 0.2) is 51.3 Å². The van der Waals surface area contributed by atoms with Gasteiger partial charge in [-0.2, -0.15) is 0 Å². The molecule has 0 amide bonds. The molecule has 1 N–H and O–H groups in total. The maximum Gasteiger partial charge on any atom is 0.270 e. The first-order valence-electron chi connectivity index (χ1n) is 9.55. The zero-order valence-corrected chi connectivity index (χ0v) is 17.6. The van der Waals surface area contributed by atoms with E-state index in [1.54, 1.807) is 0 Å². The second kappa shape index (κ2) is 7.10. The molecule has 0 aliphatic carbocycles. The van der Waals surface area contributed by atoms with Gasteiger partial charge >= 0.3 is 0 Å². The Morgan fingerprint density at radius 1 is 0.862 bits per heavy atom. The Hall–Kier alpha value is -3.02. The van der Waals surface area contributed by atoms with Crippen LogP contribution in [-0.2, 0) is 10.8 Å². The Kier molecular flexibility index (Phi) is 5.07.